The van der Waals surface area contributed by atoms with Crippen LogP contribution in [0.2, 0.25) is 0 Å². The van der Waals surface area contributed by atoms with Gasteiger partial charge < -0.3 is 5.48 Å². The van der Waals surface area contributed by atoms with Gasteiger partial charge in [0.25, 0.3) is 0 Å². The first-order valence-corrected chi connectivity index (χ1v) is 0. The smallest absolute Gasteiger partial charge is 2.00 e. The summed E-state index contributed by atoms with van der Waals surface area (Å²) in [6.45, 7) is 0. The van der Waals surface area contributed by atoms with Crippen LogP contribution in [0.3, 0.4) is 0 Å². The van der Waals surface area contributed by atoms with E-state index in [1.54, 1.807) is 0 Å². The molecular formula is BiFeMnO+5. The summed E-state index contributed by atoms with van der Waals surface area (Å²) in [7, 11) is 0. The average Bonchev–Trinajstić information content (AvgIpc) is 0. The van der Waals surface area contributed by atoms with Crippen LogP contribution in [0.15, 0.2) is 0 Å². The van der Waals surface area contributed by atoms with Gasteiger partial charge in [-0.3, -0.25) is 0 Å². The second-order valence-electron chi connectivity index (χ2n) is 0. The van der Waals surface area contributed by atoms with Gasteiger partial charge in [0.05, 0.1) is 0 Å². The Kier molecular flexibility index (Phi) is 206. The summed E-state index contributed by atoms with van der Waals surface area (Å²) in [6.07, 6.45) is 0. The molecule has 0 aromatic carbocycles. The molecule has 0 spiro atoms. The molecule has 0 aromatic rings. The van der Waals surface area contributed by atoms with Crippen LogP contribution < -0.4 is 0 Å². The summed E-state index contributed by atoms with van der Waals surface area (Å²) in [6, 6.07) is 0. The quantitative estimate of drug-likeness (QED) is 0.534. The zero-order chi connectivity index (χ0) is 0. The summed E-state index contributed by atoms with van der Waals surface area (Å²) in [5.41, 5.74) is 0. The molecule has 4 heavy (non-hydrogen) atoms. The first kappa shape index (κ1) is 39.6. The minimum absolute atomic E-state index is 0. The fourth-order valence-electron chi connectivity index (χ4n) is 0. The van der Waals surface area contributed by atoms with Crippen LogP contribution in [0.1, 0.15) is 0 Å². The van der Waals surface area contributed by atoms with Crippen molar-refractivity contribution in [3.05, 3.63) is 0 Å². The second kappa shape index (κ2) is 20.8. The summed E-state index contributed by atoms with van der Waals surface area (Å²) >= 11 is 0. The van der Waals surface area contributed by atoms with Gasteiger partial charge in [-0.15, -0.1) is 0 Å². The van der Waals surface area contributed by atoms with Crippen molar-refractivity contribution in [3.63, 3.8) is 0 Å². The molecule has 1 nitrogen and oxygen atoms in total. The zero-order valence-corrected chi connectivity index (χ0v) is 7.35. The van der Waals surface area contributed by atoms with Crippen molar-refractivity contribution in [3.8, 4) is 0 Å². The van der Waals surface area contributed by atoms with E-state index in [1.807, 2.05) is 0 Å². The van der Waals surface area contributed by atoms with E-state index in [2.05, 4.69) is 0 Å². The van der Waals surface area contributed by atoms with Crippen molar-refractivity contribution in [1.29, 1.82) is 0 Å². The van der Waals surface area contributed by atoms with Gasteiger partial charge in [-0.25, -0.2) is 0 Å². The molecule has 4 heteroatoms. The largest absolute Gasteiger partial charge is 3.00 e. The number of rotatable bonds is 0. The first-order chi connectivity index (χ1) is 0. The van der Waals surface area contributed by atoms with E-state index >= 15 is 0 Å². The Hall–Kier alpha value is 1.88. The molecule has 21 valence electrons. The average molecular weight is 336 g/mol. The molecule has 0 saturated heterocycles. The van der Waals surface area contributed by atoms with Crippen LogP contribution >= 0.6 is 0 Å². The minimum atomic E-state index is 0. The van der Waals surface area contributed by atoms with E-state index in [0.29, 0.717) is 0 Å². The van der Waals surface area contributed by atoms with E-state index in [1.165, 1.54) is 0 Å². The third-order valence-corrected chi connectivity index (χ3v) is 0. The molecule has 0 unspecified atom stereocenters. The van der Waals surface area contributed by atoms with Crippen molar-refractivity contribution in [1.82, 2.24) is 0 Å². The van der Waals surface area contributed by atoms with Gasteiger partial charge in [0.15, 0.2) is 0 Å². The van der Waals surface area contributed by atoms with Crippen LogP contribution in [-0.4, -0.2) is 26.2 Å². The van der Waals surface area contributed by atoms with Crippen LogP contribution in [0.4, 0.5) is 0 Å². The van der Waals surface area contributed by atoms with Crippen molar-refractivity contribution in [2.75, 3.05) is 0 Å². The van der Waals surface area contributed by atoms with Crippen molar-refractivity contribution >= 4 is 26.2 Å². The summed E-state index contributed by atoms with van der Waals surface area (Å²) in [5, 5.41) is 0. The van der Waals surface area contributed by atoms with Gasteiger partial charge in [-0.1, -0.05) is 0 Å². The van der Waals surface area contributed by atoms with Crippen LogP contribution in [0.5, 0.6) is 0 Å². The Labute approximate surface area is 65.3 Å². The molecule has 0 heterocycles. The summed E-state index contributed by atoms with van der Waals surface area (Å²) in [4.78, 5) is 0. The predicted molar refractivity (Wildman–Crippen MR) is 6.44 cm³/mol. The number of hydrogen-bond donors (Lipinski definition) is 0. The van der Waals surface area contributed by atoms with Crippen molar-refractivity contribution < 1.29 is 39.6 Å². The monoisotopic (exact) mass is 336 g/mol. The third-order valence-electron chi connectivity index (χ3n) is 0. The van der Waals surface area contributed by atoms with E-state index in [4.69, 9.17) is 0 Å². The zero-order valence-electron chi connectivity index (χ0n) is 1.59. The maximum atomic E-state index is 0. The Morgan fingerprint density at radius 1 is 1.00 bits per heavy atom. The molecular weight excluding hydrogens is 336 g/mol. The topological polar surface area (TPSA) is 28.5 Å². The SMILES string of the molecule is [Bi+3].[Fe+2].[Mn+2].[O-2]. The Morgan fingerprint density at radius 3 is 1.00 bits per heavy atom. The van der Waals surface area contributed by atoms with Crippen LogP contribution in [0.25, 0.3) is 0 Å². The maximum absolute atomic E-state index is 0. The van der Waals surface area contributed by atoms with Crippen LogP contribution in [0, 0.1) is 0 Å². The molecule has 0 saturated carbocycles. The molecule has 0 bridgehead atoms. The predicted octanol–water partition coefficient (Wildman–Crippen LogP) is -0.505. The molecule has 0 fully saturated rings. The van der Waals surface area contributed by atoms with Crippen molar-refractivity contribution in [2.24, 2.45) is 0 Å². The Balaban J connectivity index is 0. The fraction of sp³-hybridized carbons (Fsp3) is 0. The molecule has 0 amide bonds. The maximum Gasteiger partial charge on any atom is 3.00 e. The minimum Gasteiger partial charge on any atom is -2.00 e. The molecule has 3 radical (unpaired) electrons. The molecule has 0 aliphatic heterocycles. The van der Waals surface area contributed by atoms with Crippen LogP contribution in [-0.2, 0) is 39.6 Å². The van der Waals surface area contributed by atoms with Gasteiger partial charge in [0.2, 0.25) is 0 Å². The van der Waals surface area contributed by atoms with E-state index in [0.717, 1.165) is 0 Å². The van der Waals surface area contributed by atoms with Gasteiger partial charge in [0, 0.05) is 0 Å². The summed E-state index contributed by atoms with van der Waals surface area (Å²) < 4.78 is 0. The third kappa shape index (κ3) is 9.10. The van der Waals surface area contributed by atoms with E-state index < -0.39 is 0 Å². The molecule has 0 N–H and O–H groups in total. The molecule has 0 aliphatic carbocycles. The standard InChI is InChI=1S/Bi.Fe.Mn.O/q+3;2*+2;-2. The Morgan fingerprint density at radius 2 is 1.00 bits per heavy atom. The molecule has 0 aliphatic rings. The molecule has 0 rings (SSSR count). The first-order valence-electron chi connectivity index (χ1n) is 0. The van der Waals surface area contributed by atoms with E-state index in [9.17, 15) is 0 Å². The van der Waals surface area contributed by atoms with Gasteiger partial charge in [0.1, 0.15) is 0 Å². The fourth-order valence-corrected chi connectivity index (χ4v) is 0. The Bertz CT molecular complexity index is 8.00. The van der Waals surface area contributed by atoms with Crippen molar-refractivity contribution in [2.45, 2.75) is 0 Å². The normalized spacial score (nSPS) is 0. The summed E-state index contributed by atoms with van der Waals surface area (Å²) in [5.74, 6) is 0. The van der Waals surface area contributed by atoms with Gasteiger partial charge in [-0.2, -0.15) is 0 Å². The molecule has 0 aromatic heterocycles. The van der Waals surface area contributed by atoms with E-state index in [-0.39, 0.29) is 65.8 Å². The second-order valence-corrected chi connectivity index (χ2v) is 0. The van der Waals surface area contributed by atoms with Gasteiger partial charge >= 0.3 is 60.3 Å². The molecule has 0 atom stereocenters. The van der Waals surface area contributed by atoms with Gasteiger partial charge in [-0.05, 0) is 0 Å². The number of hydrogen-bond acceptors (Lipinski definition) is 0.